The molecule has 3 rings (SSSR count). The van der Waals surface area contributed by atoms with Gasteiger partial charge in [0, 0.05) is 31.5 Å². The van der Waals surface area contributed by atoms with Gasteiger partial charge in [0.25, 0.3) is 0 Å². The first-order valence-corrected chi connectivity index (χ1v) is 10.9. The normalized spacial score (nSPS) is 14.8. The predicted octanol–water partition coefficient (Wildman–Crippen LogP) is 5.20. The van der Waals surface area contributed by atoms with Gasteiger partial charge in [-0.1, -0.05) is 31.0 Å². The lowest BCUT2D eigenvalue weighted by molar-refractivity contribution is -0.168. The molecule has 2 aromatic rings. The smallest absolute Gasteiger partial charge is 0.330 e. The topological polar surface area (TPSA) is 66.5 Å². The molecule has 0 saturated carbocycles. The summed E-state index contributed by atoms with van der Waals surface area (Å²) in [7, 11) is 0. The zero-order valence-corrected chi connectivity index (χ0v) is 18.2. The Morgan fingerprint density at radius 1 is 1.09 bits per heavy atom. The Kier molecular flexibility index (Phi) is 8.87. The number of anilines is 2. The first-order chi connectivity index (χ1) is 15.8. The summed E-state index contributed by atoms with van der Waals surface area (Å²) in [5.74, 6) is -3.26. The molecule has 0 atom stereocenters. The number of rotatable bonds is 9. The van der Waals surface area contributed by atoms with Crippen molar-refractivity contribution in [2.24, 2.45) is 0 Å². The number of alkyl halides is 4. The van der Waals surface area contributed by atoms with Gasteiger partial charge in [-0.15, -0.1) is 0 Å². The largest absolute Gasteiger partial charge is 0.370 e. The third-order valence-corrected chi connectivity index (χ3v) is 5.26. The zero-order chi connectivity index (χ0) is 23.7. The molecular formula is C23H28F4N4O2. The van der Waals surface area contributed by atoms with Crippen molar-refractivity contribution in [2.45, 2.75) is 51.2 Å². The number of nitrogens with zero attached hydrogens (tertiary/aromatic N) is 2. The SMILES string of the molecule is O=C(NCc1ccc(N2CCCCCC2)nc1)Nc1cccc(COCC(F)(F)C(F)F)c1. The maximum Gasteiger partial charge on any atom is 0.330 e. The number of nitrogens with one attached hydrogen (secondary N) is 2. The Morgan fingerprint density at radius 3 is 2.52 bits per heavy atom. The van der Waals surface area contributed by atoms with E-state index in [0.29, 0.717) is 11.3 Å². The molecule has 2 N–H and O–H groups in total. The fourth-order valence-electron chi connectivity index (χ4n) is 3.47. The lowest BCUT2D eigenvalue weighted by Crippen LogP contribution is -2.32. The molecule has 1 aromatic carbocycles. The fraction of sp³-hybridized carbons (Fsp3) is 0.478. The number of urea groups is 1. The second-order valence-electron chi connectivity index (χ2n) is 7.99. The highest BCUT2D eigenvalue weighted by molar-refractivity contribution is 5.89. The molecule has 2 heterocycles. The van der Waals surface area contributed by atoms with Gasteiger partial charge in [0.1, 0.15) is 12.4 Å². The van der Waals surface area contributed by atoms with Gasteiger partial charge in [-0.3, -0.25) is 0 Å². The first kappa shape index (κ1) is 24.8. The monoisotopic (exact) mass is 468 g/mol. The molecule has 2 amide bonds. The molecule has 0 radical (unpaired) electrons. The number of aromatic nitrogens is 1. The van der Waals surface area contributed by atoms with Crippen LogP contribution in [0, 0.1) is 0 Å². The first-order valence-electron chi connectivity index (χ1n) is 10.9. The van der Waals surface area contributed by atoms with Gasteiger partial charge < -0.3 is 20.3 Å². The molecule has 1 aromatic heterocycles. The second-order valence-corrected chi connectivity index (χ2v) is 7.99. The quantitative estimate of drug-likeness (QED) is 0.497. The van der Waals surface area contributed by atoms with E-state index in [2.05, 4.69) is 20.5 Å². The second kappa shape index (κ2) is 11.8. The Hall–Kier alpha value is -2.88. The van der Waals surface area contributed by atoms with Crippen LogP contribution in [0.1, 0.15) is 36.8 Å². The Morgan fingerprint density at radius 2 is 1.85 bits per heavy atom. The molecular weight excluding hydrogens is 440 g/mol. The van der Waals surface area contributed by atoms with Crippen LogP contribution in [-0.2, 0) is 17.9 Å². The number of pyridine rings is 1. The third-order valence-electron chi connectivity index (χ3n) is 5.26. The van der Waals surface area contributed by atoms with Crippen molar-refractivity contribution in [3.8, 4) is 0 Å². The van der Waals surface area contributed by atoms with Crippen LogP contribution in [0.15, 0.2) is 42.6 Å². The molecule has 1 aliphatic heterocycles. The maximum absolute atomic E-state index is 12.9. The van der Waals surface area contributed by atoms with Gasteiger partial charge >= 0.3 is 18.4 Å². The predicted molar refractivity (Wildman–Crippen MR) is 118 cm³/mol. The number of benzene rings is 1. The minimum absolute atomic E-state index is 0.282. The van der Waals surface area contributed by atoms with Crippen molar-refractivity contribution < 1.29 is 27.1 Å². The molecule has 180 valence electrons. The summed E-state index contributed by atoms with van der Waals surface area (Å²) in [6.07, 6.45) is 2.79. The van der Waals surface area contributed by atoms with Gasteiger partial charge in [-0.05, 0) is 42.2 Å². The molecule has 1 aliphatic rings. The highest BCUT2D eigenvalue weighted by Gasteiger charge is 2.40. The van der Waals surface area contributed by atoms with Crippen LogP contribution < -0.4 is 15.5 Å². The van der Waals surface area contributed by atoms with Gasteiger partial charge in [0.2, 0.25) is 0 Å². The minimum atomic E-state index is -4.20. The molecule has 0 bridgehead atoms. The van der Waals surface area contributed by atoms with Gasteiger partial charge in [-0.25, -0.2) is 18.6 Å². The van der Waals surface area contributed by atoms with Crippen LogP contribution in [-0.4, -0.2) is 43.1 Å². The molecule has 10 heteroatoms. The van der Waals surface area contributed by atoms with E-state index in [9.17, 15) is 22.4 Å². The number of halogens is 4. The molecule has 1 saturated heterocycles. The summed E-state index contributed by atoms with van der Waals surface area (Å²) in [5.41, 5.74) is 1.74. The molecule has 0 unspecified atom stereocenters. The lowest BCUT2D eigenvalue weighted by atomic mass is 10.2. The molecule has 6 nitrogen and oxygen atoms in total. The van der Waals surface area contributed by atoms with E-state index in [-0.39, 0.29) is 13.2 Å². The minimum Gasteiger partial charge on any atom is -0.370 e. The van der Waals surface area contributed by atoms with E-state index in [1.807, 2.05) is 12.1 Å². The highest BCUT2D eigenvalue weighted by atomic mass is 19.3. The molecule has 33 heavy (non-hydrogen) atoms. The number of carbonyl (C=O) groups excluding carboxylic acids is 1. The van der Waals surface area contributed by atoms with E-state index in [1.165, 1.54) is 31.7 Å². The maximum atomic E-state index is 12.9. The summed E-state index contributed by atoms with van der Waals surface area (Å²) < 4.78 is 54.9. The highest BCUT2D eigenvalue weighted by Crippen LogP contribution is 2.23. The van der Waals surface area contributed by atoms with Crippen LogP contribution >= 0.6 is 0 Å². The van der Waals surface area contributed by atoms with Crippen molar-refractivity contribution in [1.29, 1.82) is 0 Å². The van der Waals surface area contributed by atoms with E-state index in [4.69, 9.17) is 4.74 Å². The van der Waals surface area contributed by atoms with Crippen LogP contribution in [0.5, 0.6) is 0 Å². The summed E-state index contributed by atoms with van der Waals surface area (Å²) in [4.78, 5) is 19.0. The van der Waals surface area contributed by atoms with Gasteiger partial charge in [-0.2, -0.15) is 8.78 Å². The Balaban J connectivity index is 1.44. The number of hydrogen-bond acceptors (Lipinski definition) is 4. The number of amides is 2. The molecule has 1 fully saturated rings. The molecule has 0 spiro atoms. The van der Waals surface area contributed by atoms with Crippen molar-refractivity contribution in [1.82, 2.24) is 10.3 Å². The zero-order valence-electron chi connectivity index (χ0n) is 18.2. The van der Waals surface area contributed by atoms with Gasteiger partial charge in [0.05, 0.1) is 6.61 Å². The summed E-state index contributed by atoms with van der Waals surface area (Å²) in [6.45, 7) is 0.629. The number of ether oxygens (including phenoxy) is 1. The standard InChI is InChI=1S/C23H28F4N4O2/c24-21(25)23(26,27)16-33-15-17-6-5-7-19(12-17)30-22(32)29-14-18-8-9-20(28-13-18)31-10-3-1-2-4-11-31/h5-9,12-13,21H,1-4,10-11,14-16H2,(H2,29,30,32). The van der Waals surface area contributed by atoms with Crippen LogP contribution in [0.25, 0.3) is 0 Å². The summed E-state index contributed by atoms with van der Waals surface area (Å²) in [5, 5.41) is 5.38. The van der Waals surface area contributed by atoms with Crippen LogP contribution in [0.2, 0.25) is 0 Å². The van der Waals surface area contributed by atoms with Crippen molar-refractivity contribution >= 4 is 17.5 Å². The summed E-state index contributed by atoms with van der Waals surface area (Å²) in [6, 6.07) is 9.77. The molecule has 0 aliphatic carbocycles. The Labute approximate surface area is 190 Å². The van der Waals surface area contributed by atoms with E-state index in [1.54, 1.807) is 24.4 Å². The van der Waals surface area contributed by atoms with E-state index in [0.717, 1.165) is 24.5 Å². The Bertz CT molecular complexity index is 888. The number of hydrogen-bond donors (Lipinski definition) is 2. The number of carbonyl (C=O) groups is 1. The third kappa shape index (κ3) is 7.88. The average Bonchev–Trinajstić information content (AvgIpc) is 3.08. The summed E-state index contributed by atoms with van der Waals surface area (Å²) >= 11 is 0. The van der Waals surface area contributed by atoms with Gasteiger partial charge in [0.15, 0.2) is 0 Å². The average molecular weight is 468 g/mol. The van der Waals surface area contributed by atoms with E-state index >= 15 is 0 Å². The van der Waals surface area contributed by atoms with Crippen molar-refractivity contribution in [3.05, 3.63) is 53.7 Å². The fourth-order valence-corrected chi connectivity index (χ4v) is 3.47. The van der Waals surface area contributed by atoms with Crippen molar-refractivity contribution in [3.63, 3.8) is 0 Å². The van der Waals surface area contributed by atoms with E-state index < -0.39 is 25.0 Å². The van der Waals surface area contributed by atoms with Crippen molar-refractivity contribution in [2.75, 3.05) is 29.9 Å². The van der Waals surface area contributed by atoms with Crippen LogP contribution in [0.4, 0.5) is 33.9 Å². The van der Waals surface area contributed by atoms with Crippen LogP contribution in [0.3, 0.4) is 0 Å². The lowest BCUT2D eigenvalue weighted by Gasteiger charge is -2.21.